The molecule has 5 heterocycles. The topological polar surface area (TPSA) is 163 Å². The zero-order valence-corrected chi connectivity index (χ0v) is 40.3. The van der Waals surface area contributed by atoms with Crippen LogP contribution in [0, 0.1) is 26.9 Å². The van der Waals surface area contributed by atoms with Crippen LogP contribution in [0.1, 0.15) is 87.7 Å². The van der Waals surface area contributed by atoms with E-state index in [2.05, 4.69) is 69.2 Å². The molecule has 2 saturated heterocycles. The first-order chi connectivity index (χ1) is 32.0. The van der Waals surface area contributed by atoms with Crippen LogP contribution in [0.15, 0.2) is 89.6 Å². The highest BCUT2D eigenvalue weighted by Crippen LogP contribution is 2.44. The van der Waals surface area contributed by atoms with Gasteiger partial charge in [-0.05, 0) is 129 Å². The molecule has 2 N–H and O–H groups in total. The summed E-state index contributed by atoms with van der Waals surface area (Å²) in [6, 6.07) is 19.2. The molecule has 3 aromatic carbocycles. The molecule has 1 atom stereocenters. The Morgan fingerprint density at radius 2 is 1.72 bits per heavy atom. The molecule has 1 aliphatic carbocycles. The Bertz CT molecular complexity index is 2810. The van der Waals surface area contributed by atoms with Crippen LogP contribution in [-0.2, 0) is 16.4 Å². The highest BCUT2D eigenvalue weighted by atomic mass is 35.5. The van der Waals surface area contributed by atoms with Crippen molar-refractivity contribution < 1.29 is 27.6 Å². The largest absolute Gasteiger partial charge is 0.493 e. The summed E-state index contributed by atoms with van der Waals surface area (Å²) in [4.78, 5) is 40.2. The number of pyridine rings is 1. The van der Waals surface area contributed by atoms with E-state index in [0.29, 0.717) is 35.4 Å². The number of ether oxygens (including phenoxy) is 2. The monoisotopic (exact) mass is 949 g/mol. The fourth-order valence-electron chi connectivity index (χ4n) is 9.96. The van der Waals surface area contributed by atoms with E-state index in [0.717, 1.165) is 113 Å². The maximum atomic E-state index is 14.1. The normalized spacial score (nSPS) is 20.0. The fraction of sp³-hybridized carbons (Fsp3) is 0.451. The lowest BCUT2D eigenvalue weighted by molar-refractivity contribution is -0.386. The number of aromatic amines is 1. The number of benzene rings is 3. The molecule has 4 aliphatic rings. The molecule has 2 fully saturated rings. The Hall–Kier alpha value is -5.48. The predicted molar refractivity (Wildman–Crippen MR) is 262 cm³/mol. The number of piperazine rings is 1. The molecule has 0 radical (unpaired) electrons. The molecule has 5 aromatic rings. The average Bonchev–Trinajstić information content (AvgIpc) is 3.77. The minimum absolute atomic E-state index is 0.0363. The summed E-state index contributed by atoms with van der Waals surface area (Å²) in [6.45, 7) is 16.5. The fourth-order valence-corrected chi connectivity index (χ4v) is 11.1. The highest BCUT2D eigenvalue weighted by Gasteiger charge is 2.34. The van der Waals surface area contributed by atoms with E-state index in [4.69, 9.17) is 21.1 Å². The number of piperidine rings is 1. The summed E-state index contributed by atoms with van der Waals surface area (Å²) in [7, 11) is -4.62. The summed E-state index contributed by atoms with van der Waals surface area (Å²) in [5.41, 5.74) is 6.13. The van der Waals surface area contributed by atoms with Crippen molar-refractivity contribution in [2.24, 2.45) is 16.7 Å². The molecule has 354 valence electrons. The molecule has 2 aromatic heterocycles. The Balaban J connectivity index is 0.917. The lowest BCUT2D eigenvalue weighted by Gasteiger charge is -2.39. The van der Waals surface area contributed by atoms with E-state index >= 15 is 0 Å². The number of halogens is 1. The first-order valence-electron chi connectivity index (χ1n) is 23.4. The van der Waals surface area contributed by atoms with Gasteiger partial charge in [-0.25, -0.2) is 18.1 Å². The number of fused-ring (bicyclic) bond motifs is 2. The molecular weight excluding hydrogens is 890 g/mol. The number of hydrogen-bond acceptors (Lipinski definition) is 11. The van der Waals surface area contributed by atoms with Crippen molar-refractivity contribution >= 4 is 55.5 Å². The van der Waals surface area contributed by atoms with E-state index in [1.165, 1.54) is 29.0 Å². The van der Waals surface area contributed by atoms with Crippen LogP contribution in [0.25, 0.3) is 16.6 Å². The second-order valence-corrected chi connectivity index (χ2v) is 22.5. The number of nitrogens with one attached hydrogen (secondary N) is 2. The number of nitro groups is 1. The highest BCUT2D eigenvalue weighted by molar-refractivity contribution is 7.90. The number of hydrogen-bond donors (Lipinski definition) is 2. The predicted octanol–water partition coefficient (Wildman–Crippen LogP) is 9.88. The van der Waals surface area contributed by atoms with E-state index < -0.39 is 25.7 Å². The molecule has 1 amide bonds. The number of H-pyrrole nitrogens is 1. The number of carbonyl (C=O) groups excluding carboxylic acids is 1. The molecule has 0 spiro atoms. The summed E-state index contributed by atoms with van der Waals surface area (Å²) in [5, 5.41) is 14.0. The van der Waals surface area contributed by atoms with Crippen LogP contribution in [0.4, 0.5) is 11.4 Å². The third-order valence-electron chi connectivity index (χ3n) is 14.3. The number of amides is 1. The number of likely N-dealkylation sites (tertiary alicyclic amines) is 1. The second-order valence-electron chi connectivity index (χ2n) is 20.3. The van der Waals surface area contributed by atoms with Crippen molar-refractivity contribution in [3.8, 4) is 17.2 Å². The van der Waals surface area contributed by atoms with Crippen LogP contribution in [0.3, 0.4) is 0 Å². The first kappa shape index (κ1) is 46.6. The molecule has 16 heteroatoms. The Morgan fingerprint density at radius 1 is 0.955 bits per heavy atom. The third-order valence-corrected chi connectivity index (χ3v) is 15.8. The number of carbonyl (C=O) groups is 1. The quantitative estimate of drug-likeness (QED) is 0.0853. The molecule has 0 unspecified atom stereocenters. The number of nitro benzene ring substituents is 1. The number of sulfonamides is 1. The molecule has 14 nitrogen and oxygen atoms in total. The summed E-state index contributed by atoms with van der Waals surface area (Å²) in [6.07, 6.45) is 9.95. The first-order valence-corrected chi connectivity index (χ1v) is 25.3. The van der Waals surface area contributed by atoms with E-state index in [-0.39, 0.29) is 34.1 Å². The zero-order chi connectivity index (χ0) is 47.1. The molecule has 0 bridgehead atoms. The van der Waals surface area contributed by atoms with E-state index in [1.54, 1.807) is 30.5 Å². The van der Waals surface area contributed by atoms with Gasteiger partial charge < -0.3 is 24.3 Å². The minimum Gasteiger partial charge on any atom is -0.493 e. The van der Waals surface area contributed by atoms with Gasteiger partial charge in [0.2, 0.25) is 0 Å². The van der Waals surface area contributed by atoms with Gasteiger partial charge >= 0.3 is 0 Å². The van der Waals surface area contributed by atoms with E-state index in [1.807, 2.05) is 18.2 Å². The smallest absolute Gasteiger partial charge is 0.277 e. The Labute approximate surface area is 397 Å². The van der Waals surface area contributed by atoms with Gasteiger partial charge in [0.15, 0.2) is 0 Å². The lowest BCUT2D eigenvalue weighted by atomic mass is 9.72. The van der Waals surface area contributed by atoms with Crippen molar-refractivity contribution in [3.05, 3.63) is 117 Å². The van der Waals surface area contributed by atoms with Gasteiger partial charge in [-0.1, -0.05) is 57.0 Å². The number of nitrogens with zero attached hydrogens (tertiary/aromatic N) is 5. The maximum Gasteiger partial charge on any atom is 0.277 e. The van der Waals surface area contributed by atoms with Crippen LogP contribution >= 0.6 is 11.6 Å². The summed E-state index contributed by atoms with van der Waals surface area (Å²) < 4.78 is 42.6. The van der Waals surface area contributed by atoms with Crippen molar-refractivity contribution in [2.45, 2.75) is 77.5 Å². The SMILES string of the molecule is CC1(C)CCN(CC[C@H]2COc3cc(S(=O)(=O)NC(=O)c4ccc(N5CCN(CC6=C(c7ccc(Cl)cc7)CC(C)(C)CC6)CC5)cc4Oc4cnc5[nH]ccc5c4)cc([N+](=O)[O-])c3C2)CC1. The van der Waals surface area contributed by atoms with E-state index in [9.17, 15) is 23.3 Å². The van der Waals surface area contributed by atoms with Crippen LogP contribution < -0.4 is 19.1 Å². The maximum absolute atomic E-state index is 14.1. The molecule has 3 aliphatic heterocycles. The van der Waals surface area contributed by atoms with Crippen molar-refractivity contribution in [1.82, 2.24) is 24.5 Å². The van der Waals surface area contributed by atoms with Crippen molar-refractivity contribution in [2.75, 3.05) is 63.9 Å². The van der Waals surface area contributed by atoms with Crippen molar-refractivity contribution in [3.63, 3.8) is 0 Å². The summed E-state index contributed by atoms with van der Waals surface area (Å²) >= 11 is 6.26. The van der Waals surface area contributed by atoms with Gasteiger partial charge in [-0.15, -0.1) is 0 Å². The molecule has 9 rings (SSSR count). The van der Waals surface area contributed by atoms with Crippen LogP contribution in [0.5, 0.6) is 17.2 Å². The lowest BCUT2D eigenvalue weighted by Crippen LogP contribution is -2.47. The minimum atomic E-state index is -4.62. The van der Waals surface area contributed by atoms with Gasteiger partial charge in [0, 0.05) is 73.2 Å². The summed E-state index contributed by atoms with van der Waals surface area (Å²) in [5.74, 6) is -0.286. The third kappa shape index (κ3) is 10.8. The second kappa shape index (κ2) is 18.9. The van der Waals surface area contributed by atoms with Gasteiger partial charge in [-0.2, -0.15) is 0 Å². The number of aromatic nitrogens is 2. The van der Waals surface area contributed by atoms with Gasteiger partial charge in [0.05, 0.1) is 33.7 Å². The van der Waals surface area contributed by atoms with Gasteiger partial charge in [0.25, 0.3) is 21.6 Å². The van der Waals surface area contributed by atoms with Crippen LogP contribution in [-0.4, -0.2) is 98.0 Å². The number of allylic oxidation sites excluding steroid dienone is 1. The van der Waals surface area contributed by atoms with Gasteiger partial charge in [-0.3, -0.25) is 19.8 Å². The van der Waals surface area contributed by atoms with Gasteiger partial charge in [0.1, 0.15) is 22.9 Å². The number of anilines is 1. The zero-order valence-electron chi connectivity index (χ0n) is 38.8. The Morgan fingerprint density at radius 3 is 2.46 bits per heavy atom. The molecule has 0 saturated carbocycles. The standard InChI is InChI=1S/C51H60ClN7O7S/c1-50(2)15-19-56(20-16-50)18-13-34-25-43-45(59(61)62)28-41(29-46(43)65-33-34)67(63,64)55-49(60)42-10-9-39(27-47(42)66-40-26-36-12-17-53-48(36)54-31-40)58-23-21-57(22-24-58)32-37-11-14-51(3,4)30-44(37)35-5-7-38(52)8-6-35/h5-10,12,17,26-29,31,34H,11,13-16,18-25,30,32-33H2,1-4H3,(H,53,54)(H,55,60)/t34-/m1/s1. The Kier molecular flexibility index (Phi) is 13.1. The molecule has 67 heavy (non-hydrogen) atoms. The number of rotatable bonds is 13. The molecular formula is C51H60ClN7O7S. The average molecular weight is 951 g/mol. The van der Waals surface area contributed by atoms with Crippen LogP contribution in [0.2, 0.25) is 5.02 Å². The van der Waals surface area contributed by atoms with Crippen molar-refractivity contribution in [1.29, 1.82) is 0 Å².